The molecule has 1 amide bonds. The van der Waals surface area contributed by atoms with Gasteiger partial charge in [0.1, 0.15) is 0 Å². The van der Waals surface area contributed by atoms with Crippen molar-refractivity contribution in [1.29, 1.82) is 0 Å². The van der Waals surface area contributed by atoms with Gasteiger partial charge in [-0.3, -0.25) is 9.00 Å². The van der Waals surface area contributed by atoms with Crippen LogP contribution in [0.15, 0.2) is 29.3 Å². The fourth-order valence-electron chi connectivity index (χ4n) is 2.05. The lowest BCUT2D eigenvalue weighted by atomic mass is 10.1. The Morgan fingerprint density at radius 1 is 1.14 bits per heavy atom. The van der Waals surface area contributed by atoms with E-state index in [1.54, 1.807) is 29.2 Å². The molecule has 1 aromatic carbocycles. The number of hydrogen-bond acceptors (Lipinski definition) is 4. The molecular formula is C12H16N5O3S-. The molecule has 1 unspecified atom stereocenters. The van der Waals surface area contributed by atoms with Crippen LogP contribution in [0.2, 0.25) is 0 Å². The third-order valence-corrected chi connectivity index (χ3v) is 3.90. The van der Waals surface area contributed by atoms with E-state index in [2.05, 4.69) is 4.99 Å². The summed E-state index contributed by atoms with van der Waals surface area (Å²) in [6, 6.07) is 6.58. The summed E-state index contributed by atoms with van der Waals surface area (Å²) in [6.45, 7) is 1.38. The fourth-order valence-corrected chi connectivity index (χ4v) is 2.51. The molecule has 0 aliphatic carbocycles. The highest BCUT2D eigenvalue weighted by atomic mass is 32.2. The van der Waals surface area contributed by atoms with Gasteiger partial charge in [0.05, 0.1) is 5.69 Å². The Balaban J connectivity index is 2.01. The van der Waals surface area contributed by atoms with Crippen molar-refractivity contribution in [3.8, 4) is 0 Å². The molecule has 1 aliphatic heterocycles. The van der Waals surface area contributed by atoms with Crippen LogP contribution in [0.3, 0.4) is 0 Å². The van der Waals surface area contributed by atoms with Crippen LogP contribution in [0.25, 0.3) is 0 Å². The van der Waals surface area contributed by atoms with Crippen LogP contribution in [0.1, 0.15) is 10.4 Å². The largest absolute Gasteiger partial charge is 0.760 e. The van der Waals surface area contributed by atoms with Crippen molar-refractivity contribution in [3.05, 3.63) is 29.8 Å². The first-order chi connectivity index (χ1) is 9.97. The molecule has 1 aliphatic rings. The topological polar surface area (TPSA) is 128 Å². The molecule has 0 bridgehead atoms. The molecule has 1 heterocycles. The predicted octanol–water partition coefficient (Wildman–Crippen LogP) is -0.857. The first kappa shape index (κ1) is 15.4. The summed E-state index contributed by atoms with van der Waals surface area (Å²) in [6.07, 6.45) is 0. The molecule has 2 rings (SSSR count). The second-order valence-electron chi connectivity index (χ2n) is 4.52. The number of amides is 1. The van der Waals surface area contributed by atoms with Gasteiger partial charge in [0, 0.05) is 43.0 Å². The van der Waals surface area contributed by atoms with Gasteiger partial charge in [-0.1, -0.05) is 0 Å². The van der Waals surface area contributed by atoms with Crippen LogP contribution < -0.4 is 11.5 Å². The molecule has 0 spiro atoms. The van der Waals surface area contributed by atoms with E-state index in [-0.39, 0.29) is 11.9 Å². The quantitative estimate of drug-likeness (QED) is 0.426. The van der Waals surface area contributed by atoms with E-state index in [9.17, 15) is 13.6 Å². The number of guanidine groups is 1. The number of nitrogens with zero attached hydrogens (tertiary/aromatic N) is 3. The molecule has 1 saturated heterocycles. The Hall–Kier alpha value is -1.97. The summed E-state index contributed by atoms with van der Waals surface area (Å²) in [5, 5.41) is 0. The van der Waals surface area contributed by atoms with Gasteiger partial charge < -0.3 is 20.9 Å². The molecule has 8 nitrogen and oxygen atoms in total. The van der Waals surface area contributed by atoms with Crippen LogP contribution >= 0.6 is 0 Å². The monoisotopic (exact) mass is 310 g/mol. The SMILES string of the molecule is NC(N)=Nc1ccc(C(=O)N2CCN(S(=O)[O-])CC2)cc1. The van der Waals surface area contributed by atoms with E-state index in [1.807, 2.05) is 0 Å². The maximum atomic E-state index is 12.3. The van der Waals surface area contributed by atoms with Crippen molar-refractivity contribution in [2.75, 3.05) is 26.2 Å². The van der Waals surface area contributed by atoms with Crippen molar-refractivity contribution in [3.63, 3.8) is 0 Å². The first-order valence-corrected chi connectivity index (χ1v) is 7.34. The number of nitrogens with two attached hydrogens (primary N) is 2. The normalized spacial score (nSPS) is 17.3. The molecule has 0 radical (unpaired) electrons. The van der Waals surface area contributed by atoms with Crippen LogP contribution in [-0.4, -0.2) is 56.0 Å². The van der Waals surface area contributed by atoms with Gasteiger partial charge >= 0.3 is 0 Å². The van der Waals surface area contributed by atoms with Crippen LogP contribution in [0.4, 0.5) is 5.69 Å². The fraction of sp³-hybridized carbons (Fsp3) is 0.333. The molecule has 4 N–H and O–H groups in total. The van der Waals surface area contributed by atoms with Crippen molar-refractivity contribution >= 4 is 28.8 Å². The van der Waals surface area contributed by atoms with Gasteiger partial charge in [-0.25, -0.2) is 9.30 Å². The molecule has 1 aromatic rings. The number of carbonyl (C=O) groups excluding carboxylic acids is 1. The predicted molar refractivity (Wildman–Crippen MR) is 78.3 cm³/mol. The van der Waals surface area contributed by atoms with E-state index >= 15 is 0 Å². The highest BCUT2D eigenvalue weighted by Crippen LogP contribution is 2.15. The lowest BCUT2D eigenvalue weighted by Crippen LogP contribution is -2.49. The molecule has 0 saturated carbocycles. The minimum absolute atomic E-state index is 0.0455. The van der Waals surface area contributed by atoms with E-state index in [1.165, 1.54) is 4.31 Å². The average molecular weight is 310 g/mol. The zero-order chi connectivity index (χ0) is 15.4. The van der Waals surface area contributed by atoms with Gasteiger partial charge in [-0.05, 0) is 24.3 Å². The third-order valence-electron chi connectivity index (χ3n) is 3.11. The number of rotatable bonds is 3. The lowest BCUT2D eigenvalue weighted by Gasteiger charge is -2.35. The van der Waals surface area contributed by atoms with Gasteiger partial charge in [-0.15, -0.1) is 0 Å². The molecule has 114 valence electrons. The highest BCUT2D eigenvalue weighted by molar-refractivity contribution is 7.76. The summed E-state index contributed by atoms with van der Waals surface area (Å²) in [5.74, 6) is -0.182. The minimum Gasteiger partial charge on any atom is -0.760 e. The smallest absolute Gasteiger partial charge is 0.253 e. The molecule has 0 aromatic heterocycles. The summed E-state index contributed by atoms with van der Waals surface area (Å²) in [4.78, 5) is 17.8. The van der Waals surface area contributed by atoms with Gasteiger partial charge in [-0.2, -0.15) is 0 Å². The third kappa shape index (κ3) is 4.00. The van der Waals surface area contributed by atoms with Crippen LogP contribution in [0.5, 0.6) is 0 Å². The van der Waals surface area contributed by atoms with Crippen molar-refractivity contribution in [2.24, 2.45) is 16.5 Å². The van der Waals surface area contributed by atoms with Crippen LogP contribution in [0, 0.1) is 0 Å². The van der Waals surface area contributed by atoms with Crippen LogP contribution in [-0.2, 0) is 11.3 Å². The standard InChI is InChI=1S/C12H17N5O3S/c13-12(14)15-10-3-1-9(2-4-10)11(18)16-5-7-17(8-6-16)21(19)20/h1-4H,5-8H2,(H,19,20)(H4,13,14,15)/p-1. The number of piperazine rings is 1. The van der Waals surface area contributed by atoms with Gasteiger partial charge in [0.25, 0.3) is 5.91 Å². The van der Waals surface area contributed by atoms with E-state index in [0.29, 0.717) is 37.4 Å². The van der Waals surface area contributed by atoms with Crippen molar-refractivity contribution in [1.82, 2.24) is 9.21 Å². The average Bonchev–Trinajstić information content (AvgIpc) is 2.47. The Labute approximate surface area is 124 Å². The summed E-state index contributed by atoms with van der Waals surface area (Å²) >= 11 is -2.23. The number of aliphatic imine (C=N–C) groups is 1. The molecule has 1 atom stereocenters. The Kier molecular flexibility index (Phi) is 4.89. The second-order valence-corrected chi connectivity index (χ2v) is 5.47. The summed E-state index contributed by atoms with van der Waals surface area (Å²) < 4.78 is 22.9. The number of benzene rings is 1. The Morgan fingerprint density at radius 2 is 1.71 bits per heavy atom. The summed E-state index contributed by atoms with van der Waals surface area (Å²) in [5.41, 5.74) is 11.6. The van der Waals surface area contributed by atoms with E-state index in [0.717, 1.165) is 0 Å². The Morgan fingerprint density at radius 3 is 2.19 bits per heavy atom. The molecule has 21 heavy (non-hydrogen) atoms. The Bertz CT molecular complexity index is 563. The van der Waals surface area contributed by atoms with E-state index < -0.39 is 11.3 Å². The first-order valence-electron chi connectivity index (χ1n) is 6.30. The summed E-state index contributed by atoms with van der Waals surface area (Å²) in [7, 11) is 0. The lowest BCUT2D eigenvalue weighted by molar-refractivity contribution is 0.0696. The van der Waals surface area contributed by atoms with Gasteiger partial charge in [0.15, 0.2) is 5.96 Å². The number of hydrogen-bond donors (Lipinski definition) is 2. The zero-order valence-electron chi connectivity index (χ0n) is 11.3. The molecule has 1 fully saturated rings. The maximum absolute atomic E-state index is 12.3. The number of carbonyl (C=O) groups is 1. The maximum Gasteiger partial charge on any atom is 0.253 e. The van der Waals surface area contributed by atoms with Crippen molar-refractivity contribution < 1.29 is 13.6 Å². The molecule has 9 heteroatoms. The van der Waals surface area contributed by atoms with Gasteiger partial charge in [0.2, 0.25) is 0 Å². The molecular weight excluding hydrogens is 294 g/mol. The van der Waals surface area contributed by atoms with Crippen molar-refractivity contribution in [2.45, 2.75) is 0 Å². The highest BCUT2D eigenvalue weighted by Gasteiger charge is 2.22. The zero-order valence-corrected chi connectivity index (χ0v) is 12.1. The van der Waals surface area contributed by atoms with E-state index in [4.69, 9.17) is 11.5 Å². The second kappa shape index (κ2) is 6.66. The minimum atomic E-state index is -2.23.